The van der Waals surface area contributed by atoms with E-state index >= 15 is 0 Å². The molecule has 0 unspecified atom stereocenters. The second kappa shape index (κ2) is 10.3. The molecule has 11 nitrogen and oxygen atoms in total. The van der Waals surface area contributed by atoms with Crippen molar-refractivity contribution in [3.8, 4) is 23.4 Å². The van der Waals surface area contributed by atoms with Gasteiger partial charge in [-0.15, -0.1) is 0 Å². The van der Waals surface area contributed by atoms with E-state index < -0.39 is 5.97 Å². The summed E-state index contributed by atoms with van der Waals surface area (Å²) in [6.45, 7) is 2.77. The van der Waals surface area contributed by atoms with Gasteiger partial charge in [-0.25, -0.2) is 19.7 Å². The zero-order valence-electron chi connectivity index (χ0n) is 17.2. The van der Waals surface area contributed by atoms with Crippen molar-refractivity contribution in [3.63, 3.8) is 0 Å². The maximum Gasteiger partial charge on any atom is 0.341 e. The number of nitrogens with zero attached hydrogens (tertiary/aromatic N) is 6. The van der Waals surface area contributed by atoms with Crippen molar-refractivity contribution in [1.82, 2.24) is 19.9 Å². The zero-order chi connectivity index (χ0) is 22.9. The Bertz CT molecular complexity index is 1200. The van der Waals surface area contributed by atoms with Crippen molar-refractivity contribution in [1.29, 1.82) is 10.5 Å². The number of benzene rings is 1. The fourth-order valence-corrected chi connectivity index (χ4v) is 2.66. The lowest BCUT2D eigenvalue weighted by atomic mass is 10.1. The molecule has 3 rings (SSSR count). The van der Waals surface area contributed by atoms with Crippen LogP contribution in [0.25, 0.3) is 11.3 Å². The van der Waals surface area contributed by atoms with Crippen LogP contribution in [0, 0.1) is 22.7 Å². The Morgan fingerprint density at radius 3 is 2.28 bits per heavy atom. The van der Waals surface area contributed by atoms with Crippen LogP contribution in [0.3, 0.4) is 0 Å². The number of nitrogens with one attached hydrogen (secondary N) is 2. The molecule has 4 N–H and O–H groups in total. The number of hydrogen-bond acceptors (Lipinski definition) is 11. The highest BCUT2D eigenvalue weighted by Crippen LogP contribution is 2.23. The molecule has 0 atom stereocenters. The number of rotatable bonds is 8. The molecule has 0 saturated heterocycles. The third-order valence-electron chi connectivity index (χ3n) is 4.20. The number of esters is 1. The van der Waals surface area contributed by atoms with Crippen LogP contribution in [0.1, 0.15) is 28.4 Å². The van der Waals surface area contributed by atoms with E-state index in [4.69, 9.17) is 21.0 Å². The van der Waals surface area contributed by atoms with Gasteiger partial charge in [-0.05, 0) is 19.1 Å². The molecule has 2 aromatic heterocycles. The first-order valence-corrected chi connectivity index (χ1v) is 9.60. The molecule has 0 amide bonds. The molecular formula is C21H19N9O2. The number of ether oxygens (including phenoxy) is 1. The number of carbonyl (C=O) groups excluding carboxylic acids is 1. The number of aromatic nitrogens is 4. The highest BCUT2D eigenvalue weighted by atomic mass is 16.5. The van der Waals surface area contributed by atoms with E-state index in [1.807, 2.05) is 6.07 Å². The summed E-state index contributed by atoms with van der Waals surface area (Å²) in [6, 6.07) is 10.7. The van der Waals surface area contributed by atoms with Crippen LogP contribution in [-0.4, -0.2) is 45.6 Å². The second-order valence-electron chi connectivity index (χ2n) is 6.32. The summed E-state index contributed by atoms with van der Waals surface area (Å²) in [7, 11) is 0. The van der Waals surface area contributed by atoms with Gasteiger partial charge in [0.15, 0.2) is 0 Å². The first kappa shape index (κ1) is 21.9. The Labute approximate surface area is 183 Å². The first-order valence-electron chi connectivity index (χ1n) is 9.60. The van der Waals surface area contributed by atoms with E-state index in [9.17, 15) is 4.79 Å². The Morgan fingerprint density at radius 1 is 1.03 bits per heavy atom. The lowest BCUT2D eigenvalue weighted by Gasteiger charge is -2.11. The van der Waals surface area contributed by atoms with E-state index in [0.717, 1.165) is 0 Å². The minimum absolute atomic E-state index is 0.0999. The number of nitriles is 2. The van der Waals surface area contributed by atoms with Gasteiger partial charge < -0.3 is 21.1 Å². The Kier molecular flexibility index (Phi) is 7.07. The van der Waals surface area contributed by atoms with Crippen molar-refractivity contribution >= 4 is 23.7 Å². The average Bonchev–Trinajstić information content (AvgIpc) is 2.82. The summed E-state index contributed by atoms with van der Waals surface area (Å²) in [5.74, 6) is 0.165. The summed E-state index contributed by atoms with van der Waals surface area (Å²) in [4.78, 5) is 29.0. The lowest BCUT2D eigenvalue weighted by Crippen LogP contribution is -2.18. The fourth-order valence-electron chi connectivity index (χ4n) is 2.66. The number of hydrogen-bond donors (Lipinski definition) is 3. The van der Waals surface area contributed by atoms with Crippen LogP contribution in [-0.2, 0) is 4.74 Å². The van der Waals surface area contributed by atoms with E-state index in [2.05, 4.69) is 36.6 Å². The van der Waals surface area contributed by atoms with Crippen LogP contribution >= 0.6 is 0 Å². The molecule has 0 radical (unpaired) electrons. The largest absolute Gasteiger partial charge is 0.462 e. The van der Waals surface area contributed by atoms with Crippen LogP contribution < -0.4 is 16.4 Å². The van der Waals surface area contributed by atoms with E-state index in [-0.39, 0.29) is 23.6 Å². The standard InChI is InChI=1S/C21H19N9O2/c1-2-32-19(31)16-12-28-20(29-17(16)14-5-3-13(9-22)4-6-14)25-7-8-26-21-27-11-15(10-23)18(24)30-21/h3-6,11-12H,2,7-8H2,1H3,(H,25,28,29)(H3,24,26,27,30). The van der Waals surface area contributed by atoms with E-state index in [0.29, 0.717) is 41.8 Å². The normalized spacial score (nSPS) is 9.97. The van der Waals surface area contributed by atoms with E-state index in [1.54, 1.807) is 31.2 Å². The number of anilines is 3. The number of carbonyl (C=O) groups is 1. The van der Waals surface area contributed by atoms with Crippen LogP contribution in [0.4, 0.5) is 17.7 Å². The van der Waals surface area contributed by atoms with Crippen molar-refractivity contribution in [2.75, 3.05) is 36.1 Å². The molecule has 1 aromatic carbocycles. The lowest BCUT2D eigenvalue weighted by molar-refractivity contribution is 0.0526. The van der Waals surface area contributed by atoms with Crippen LogP contribution in [0.5, 0.6) is 0 Å². The van der Waals surface area contributed by atoms with Gasteiger partial charge in [0.1, 0.15) is 23.0 Å². The number of nitrogens with two attached hydrogens (primary N) is 1. The Morgan fingerprint density at radius 2 is 1.69 bits per heavy atom. The molecular weight excluding hydrogens is 410 g/mol. The maximum absolute atomic E-state index is 12.3. The summed E-state index contributed by atoms with van der Waals surface area (Å²) in [5, 5.41) is 23.9. The smallest absolute Gasteiger partial charge is 0.341 e. The Hall–Kier alpha value is -4.77. The molecule has 0 aliphatic rings. The molecule has 3 aromatic rings. The van der Waals surface area contributed by atoms with Crippen LogP contribution in [0.15, 0.2) is 36.7 Å². The highest BCUT2D eigenvalue weighted by Gasteiger charge is 2.17. The van der Waals surface area contributed by atoms with Gasteiger partial charge in [-0.2, -0.15) is 15.5 Å². The predicted molar refractivity (Wildman–Crippen MR) is 116 cm³/mol. The average molecular weight is 429 g/mol. The van der Waals surface area contributed by atoms with Crippen molar-refractivity contribution in [2.24, 2.45) is 0 Å². The minimum atomic E-state index is -0.532. The number of nitrogen functional groups attached to an aromatic ring is 1. The molecule has 0 bridgehead atoms. The second-order valence-corrected chi connectivity index (χ2v) is 6.32. The molecule has 0 aliphatic heterocycles. The molecule has 0 spiro atoms. The molecule has 160 valence electrons. The molecule has 0 aliphatic carbocycles. The predicted octanol–water partition coefficient (Wildman–Crippen LogP) is 1.96. The van der Waals surface area contributed by atoms with Gasteiger partial charge in [-0.1, -0.05) is 12.1 Å². The minimum Gasteiger partial charge on any atom is -0.462 e. The highest BCUT2D eigenvalue weighted by molar-refractivity contribution is 5.96. The van der Waals surface area contributed by atoms with Gasteiger partial charge in [-0.3, -0.25) is 0 Å². The fraction of sp³-hybridized carbons (Fsp3) is 0.190. The van der Waals surface area contributed by atoms with Crippen molar-refractivity contribution in [3.05, 3.63) is 53.3 Å². The molecule has 11 heteroatoms. The summed E-state index contributed by atoms with van der Waals surface area (Å²) in [5.41, 5.74) is 7.64. The van der Waals surface area contributed by atoms with Crippen molar-refractivity contribution in [2.45, 2.75) is 6.92 Å². The maximum atomic E-state index is 12.3. The summed E-state index contributed by atoms with van der Waals surface area (Å²) >= 11 is 0. The third-order valence-corrected chi connectivity index (χ3v) is 4.20. The quantitative estimate of drug-likeness (QED) is 0.352. The van der Waals surface area contributed by atoms with E-state index in [1.165, 1.54) is 12.4 Å². The van der Waals surface area contributed by atoms with Crippen LogP contribution in [0.2, 0.25) is 0 Å². The molecule has 32 heavy (non-hydrogen) atoms. The van der Waals surface area contributed by atoms with Gasteiger partial charge in [0, 0.05) is 24.8 Å². The molecule has 0 fully saturated rings. The van der Waals surface area contributed by atoms with Gasteiger partial charge in [0.25, 0.3) is 0 Å². The zero-order valence-corrected chi connectivity index (χ0v) is 17.2. The molecule has 2 heterocycles. The summed E-state index contributed by atoms with van der Waals surface area (Å²) < 4.78 is 5.10. The SMILES string of the molecule is CCOC(=O)c1cnc(NCCNc2ncc(C#N)c(N)n2)nc1-c1ccc(C#N)cc1. The van der Waals surface area contributed by atoms with Gasteiger partial charge in [0.05, 0.1) is 30.1 Å². The summed E-state index contributed by atoms with van der Waals surface area (Å²) in [6.07, 6.45) is 2.75. The topological polar surface area (TPSA) is 176 Å². The third kappa shape index (κ3) is 5.23. The van der Waals surface area contributed by atoms with Gasteiger partial charge in [0.2, 0.25) is 11.9 Å². The molecule has 0 saturated carbocycles. The van der Waals surface area contributed by atoms with Crippen molar-refractivity contribution < 1.29 is 9.53 Å². The Balaban J connectivity index is 1.72. The van der Waals surface area contributed by atoms with Gasteiger partial charge >= 0.3 is 5.97 Å². The monoisotopic (exact) mass is 429 g/mol. The first-order chi connectivity index (χ1) is 15.5.